The predicted octanol–water partition coefficient (Wildman–Crippen LogP) is 4.07. The molecule has 1 amide bonds. The van der Waals surface area contributed by atoms with Crippen molar-refractivity contribution in [3.63, 3.8) is 0 Å². The average molecular weight is 449 g/mol. The van der Waals surface area contributed by atoms with Gasteiger partial charge in [-0.3, -0.25) is 9.78 Å². The minimum atomic E-state index is -0.308. The van der Waals surface area contributed by atoms with Crippen LogP contribution in [0.1, 0.15) is 28.9 Å². The molecule has 0 aliphatic carbocycles. The summed E-state index contributed by atoms with van der Waals surface area (Å²) in [5.74, 6) is 0.0847. The van der Waals surface area contributed by atoms with Crippen molar-refractivity contribution in [2.75, 3.05) is 4.90 Å². The molecule has 29 heavy (non-hydrogen) atoms. The number of benzene rings is 2. The number of amides is 1. The first kappa shape index (κ1) is 18.5. The third-order valence-corrected chi connectivity index (χ3v) is 6.37. The lowest BCUT2D eigenvalue weighted by atomic mass is 9.85. The lowest BCUT2D eigenvalue weighted by molar-refractivity contribution is -0.119. The molecule has 4 atom stereocenters. The minimum Gasteiger partial charge on any atom is -0.302 e. The second kappa shape index (κ2) is 7.37. The van der Waals surface area contributed by atoms with Crippen molar-refractivity contribution < 1.29 is 4.79 Å². The van der Waals surface area contributed by atoms with Gasteiger partial charge in [-0.25, -0.2) is 10.9 Å². The van der Waals surface area contributed by atoms with Crippen LogP contribution in [0, 0.1) is 12.8 Å². The highest BCUT2D eigenvalue weighted by molar-refractivity contribution is 9.10. The van der Waals surface area contributed by atoms with Crippen molar-refractivity contribution in [1.82, 2.24) is 15.8 Å². The van der Waals surface area contributed by atoms with E-state index in [0.29, 0.717) is 0 Å². The maximum Gasteiger partial charge on any atom is 0.246 e. The molecule has 0 bridgehead atoms. The number of hydrogen-bond donors (Lipinski definition) is 2. The van der Waals surface area contributed by atoms with Gasteiger partial charge in [0.15, 0.2) is 0 Å². The molecule has 0 spiro atoms. The first-order valence-corrected chi connectivity index (χ1v) is 10.5. The van der Waals surface area contributed by atoms with Gasteiger partial charge in [-0.1, -0.05) is 51.8 Å². The number of hydrogen-bond acceptors (Lipinski definition) is 4. The molecular formula is C23H21BrN4O. The highest BCUT2D eigenvalue weighted by Gasteiger charge is 2.56. The highest BCUT2D eigenvalue weighted by Crippen LogP contribution is 2.48. The average Bonchev–Trinajstić information content (AvgIpc) is 3.29. The normalized spacial score (nSPS) is 26.0. The van der Waals surface area contributed by atoms with Gasteiger partial charge in [-0.05, 0) is 48.9 Å². The fourth-order valence-electron chi connectivity index (χ4n) is 4.46. The minimum absolute atomic E-state index is 0.000459. The Kier molecular flexibility index (Phi) is 4.70. The van der Waals surface area contributed by atoms with Gasteiger partial charge in [0.2, 0.25) is 5.91 Å². The quantitative estimate of drug-likeness (QED) is 0.633. The first-order valence-electron chi connectivity index (χ1n) is 9.71. The molecule has 2 aliphatic rings. The fourth-order valence-corrected chi connectivity index (χ4v) is 4.73. The number of aryl methyl sites for hydroxylation is 1. The summed E-state index contributed by atoms with van der Waals surface area (Å²) < 4.78 is 1.04. The lowest BCUT2D eigenvalue weighted by Crippen LogP contribution is -2.41. The number of rotatable bonds is 3. The molecule has 4 unspecified atom stereocenters. The Hall–Kier alpha value is -2.54. The Morgan fingerprint density at radius 2 is 1.66 bits per heavy atom. The number of fused-ring (bicyclic) bond motifs is 1. The summed E-state index contributed by atoms with van der Waals surface area (Å²) in [6.07, 6.45) is 1.80. The van der Waals surface area contributed by atoms with Gasteiger partial charge in [0.25, 0.3) is 0 Å². The summed E-state index contributed by atoms with van der Waals surface area (Å²) in [6.45, 7) is 2.05. The van der Waals surface area contributed by atoms with Crippen LogP contribution in [0.3, 0.4) is 0 Å². The number of hydrazine groups is 1. The Morgan fingerprint density at radius 3 is 2.34 bits per heavy atom. The molecule has 3 heterocycles. The molecule has 2 aliphatic heterocycles. The van der Waals surface area contributed by atoms with Crippen molar-refractivity contribution in [3.05, 3.63) is 94.2 Å². The zero-order valence-corrected chi connectivity index (χ0v) is 17.5. The standard InChI is InChI=1S/C23H21BrN4O/c1-14-5-11-17(12-6-14)28-22(18-4-2-3-13-25-18)19-20(26-27-21(19)23(28)29)15-7-9-16(24)10-8-15/h2-13,19-22,26-27H,1H3. The number of carbonyl (C=O) groups excluding carboxylic acids is 1. The van der Waals surface area contributed by atoms with Crippen molar-refractivity contribution >= 4 is 27.5 Å². The van der Waals surface area contributed by atoms with Gasteiger partial charge in [0.05, 0.1) is 17.8 Å². The van der Waals surface area contributed by atoms with Crippen LogP contribution < -0.4 is 15.8 Å². The van der Waals surface area contributed by atoms with Gasteiger partial charge in [-0.2, -0.15) is 0 Å². The molecule has 5 nitrogen and oxygen atoms in total. The number of carbonyl (C=O) groups is 1. The van der Waals surface area contributed by atoms with Crippen LogP contribution in [0.5, 0.6) is 0 Å². The summed E-state index contributed by atoms with van der Waals surface area (Å²) in [5.41, 5.74) is 10.8. The summed E-state index contributed by atoms with van der Waals surface area (Å²) >= 11 is 3.51. The Balaban J connectivity index is 1.61. The summed E-state index contributed by atoms with van der Waals surface area (Å²) in [6, 6.07) is 21.8. The highest BCUT2D eigenvalue weighted by atomic mass is 79.9. The number of pyridine rings is 1. The Morgan fingerprint density at radius 1 is 0.931 bits per heavy atom. The zero-order valence-electron chi connectivity index (χ0n) is 15.9. The molecule has 0 saturated carbocycles. The lowest BCUT2D eigenvalue weighted by Gasteiger charge is -2.30. The Bertz CT molecular complexity index is 1020. The molecule has 1 aromatic heterocycles. The van der Waals surface area contributed by atoms with E-state index >= 15 is 0 Å². The molecule has 2 fully saturated rings. The molecule has 2 aromatic carbocycles. The van der Waals surface area contributed by atoms with Crippen LogP contribution >= 0.6 is 15.9 Å². The van der Waals surface area contributed by atoms with Crippen molar-refractivity contribution in [2.45, 2.75) is 25.0 Å². The second-order valence-electron chi connectivity index (χ2n) is 7.62. The van der Waals surface area contributed by atoms with E-state index in [1.807, 2.05) is 59.5 Å². The van der Waals surface area contributed by atoms with E-state index in [-0.39, 0.29) is 30.0 Å². The van der Waals surface area contributed by atoms with Gasteiger partial charge in [0.1, 0.15) is 6.04 Å². The maximum absolute atomic E-state index is 13.5. The third-order valence-electron chi connectivity index (χ3n) is 5.84. The number of nitrogens with one attached hydrogen (secondary N) is 2. The molecule has 5 rings (SSSR count). The van der Waals surface area contributed by atoms with E-state index in [1.165, 1.54) is 5.56 Å². The van der Waals surface area contributed by atoms with Crippen molar-refractivity contribution in [1.29, 1.82) is 0 Å². The number of halogens is 1. The smallest absolute Gasteiger partial charge is 0.246 e. The van der Waals surface area contributed by atoms with E-state index < -0.39 is 0 Å². The second-order valence-corrected chi connectivity index (χ2v) is 8.53. The van der Waals surface area contributed by atoms with Crippen molar-refractivity contribution in [2.24, 2.45) is 5.92 Å². The fraction of sp³-hybridized carbons (Fsp3) is 0.217. The number of nitrogens with zero attached hydrogens (tertiary/aromatic N) is 2. The van der Waals surface area contributed by atoms with Gasteiger partial charge < -0.3 is 4.90 Å². The topological polar surface area (TPSA) is 57.3 Å². The maximum atomic E-state index is 13.5. The van der Waals surface area contributed by atoms with Gasteiger partial charge in [-0.15, -0.1) is 0 Å². The molecule has 146 valence electrons. The molecule has 2 N–H and O–H groups in total. The van der Waals surface area contributed by atoms with E-state index in [0.717, 1.165) is 21.4 Å². The van der Waals surface area contributed by atoms with E-state index in [1.54, 1.807) is 6.20 Å². The third kappa shape index (κ3) is 3.17. The SMILES string of the molecule is Cc1ccc(N2C(=O)C3NNC(c4ccc(Br)cc4)C3C2c2ccccn2)cc1. The Labute approximate surface area is 178 Å². The van der Waals surface area contributed by atoms with Crippen LogP contribution in [0.2, 0.25) is 0 Å². The molecule has 6 heteroatoms. The van der Waals surface area contributed by atoms with Gasteiger partial charge >= 0.3 is 0 Å². The largest absolute Gasteiger partial charge is 0.302 e. The van der Waals surface area contributed by atoms with Crippen molar-refractivity contribution in [3.8, 4) is 0 Å². The summed E-state index contributed by atoms with van der Waals surface area (Å²) in [4.78, 5) is 20.0. The molecule has 3 aromatic rings. The van der Waals surface area contributed by atoms with Crippen LogP contribution in [0.4, 0.5) is 5.69 Å². The van der Waals surface area contributed by atoms with E-state index in [9.17, 15) is 4.79 Å². The summed E-state index contributed by atoms with van der Waals surface area (Å²) in [5, 5.41) is 0. The van der Waals surface area contributed by atoms with Crippen LogP contribution in [0.15, 0.2) is 77.4 Å². The van der Waals surface area contributed by atoms with E-state index in [2.05, 4.69) is 50.8 Å². The molecular weight excluding hydrogens is 428 g/mol. The van der Waals surface area contributed by atoms with E-state index in [4.69, 9.17) is 0 Å². The number of anilines is 1. The van der Waals surface area contributed by atoms with Crippen LogP contribution in [-0.2, 0) is 4.79 Å². The molecule has 2 saturated heterocycles. The van der Waals surface area contributed by atoms with Crippen LogP contribution in [0.25, 0.3) is 0 Å². The molecule has 0 radical (unpaired) electrons. The predicted molar refractivity (Wildman–Crippen MR) is 116 cm³/mol. The number of aromatic nitrogens is 1. The first-order chi connectivity index (χ1) is 14.1. The van der Waals surface area contributed by atoms with Gasteiger partial charge in [0, 0.05) is 22.3 Å². The zero-order chi connectivity index (χ0) is 20.0. The summed E-state index contributed by atoms with van der Waals surface area (Å²) in [7, 11) is 0. The van der Waals surface area contributed by atoms with Crippen LogP contribution in [-0.4, -0.2) is 16.9 Å². The monoisotopic (exact) mass is 448 g/mol.